The molecule has 0 spiro atoms. The fraction of sp³-hybridized carbons (Fsp3) is 0.227. The van der Waals surface area contributed by atoms with Crippen molar-refractivity contribution in [2.45, 2.75) is 19.4 Å². The SMILES string of the molecule is CCN1C(=O)OCC1Cc1ccc(Oc2ccc(C=C3SC(=O)NC3=O)c(F)c2)cc1. The van der Waals surface area contributed by atoms with Gasteiger partial charge in [0.05, 0.1) is 10.9 Å². The number of halogens is 1. The number of thioether (sulfide) groups is 1. The van der Waals surface area contributed by atoms with Crippen LogP contribution in [0.4, 0.5) is 14.0 Å². The van der Waals surface area contributed by atoms with Crippen molar-refractivity contribution in [1.82, 2.24) is 10.2 Å². The molecular weight excluding hydrogens is 423 g/mol. The number of ether oxygens (including phenoxy) is 2. The van der Waals surface area contributed by atoms with Gasteiger partial charge >= 0.3 is 6.09 Å². The summed E-state index contributed by atoms with van der Waals surface area (Å²) < 4.78 is 25.2. The van der Waals surface area contributed by atoms with Gasteiger partial charge in [0.1, 0.15) is 23.9 Å². The number of cyclic esters (lactones) is 1. The van der Waals surface area contributed by atoms with Gasteiger partial charge in [-0.05, 0) is 61.0 Å². The molecule has 9 heteroatoms. The molecule has 2 aromatic carbocycles. The van der Waals surface area contributed by atoms with Crippen LogP contribution >= 0.6 is 11.8 Å². The second kappa shape index (κ2) is 8.81. The molecule has 2 aliphatic rings. The number of benzene rings is 2. The van der Waals surface area contributed by atoms with Crippen LogP contribution in [-0.2, 0) is 16.0 Å². The predicted octanol–water partition coefficient (Wildman–Crippen LogP) is 4.33. The number of amides is 3. The van der Waals surface area contributed by atoms with Crippen molar-refractivity contribution >= 4 is 35.1 Å². The number of nitrogens with one attached hydrogen (secondary N) is 1. The number of carbonyl (C=O) groups is 3. The molecule has 1 unspecified atom stereocenters. The maximum absolute atomic E-state index is 14.4. The summed E-state index contributed by atoms with van der Waals surface area (Å²) in [4.78, 5) is 36.3. The first kappa shape index (κ1) is 20.9. The van der Waals surface area contributed by atoms with Gasteiger partial charge in [-0.1, -0.05) is 12.1 Å². The number of imide groups is 1. The fourth-order valence-corrected chi connectivity index (χ4v) is 4.07. The number of hydrogen-bond donors (Lipinski definition) is 1. The number of carbonyl (C=O) groups excluding carboxylic acids is 3. The zero-order valence-electron chi connectivity index (χ0n) is 16.6. The van der Waals surface area contributed by atoms with E-state index in [0.29, 0.717) is 31.1 Å². The normalized spacial score (nSPS) is 19.7. The highest BCUT2D eigenvalue weighted by molar-refractivity contribution is 8.18. The molecule has 0 bridgehead atoms. The van der Waals surface area contributed by atoms with Crippen molar-refractivity contribution in [3.8, 4) is 11.5 Å². The number of hydrogen-bond acceptors (Lipinski definition) is 6. The van der Waals surface area contributed by atoms with E-state index >= 15 is 0 Å². The maximum atomic E-state index is 14.4. The first-order valence-electron chi connectivity index (χ1n) is 9.67. The Labute approximate surface area is 182 Å². The summed E-state index contributed by atoms with van der Waals surface area (Å²) in [7, 11) is 0. The van der Waals surface area contributed by atoms with E-state index in [9.17, 15) is 18.8 Å². The highest BCUT2D eigenvalue weighted by atomic mass is 32.2. The Bertz CT molecular complexity index is 1070. The van der Waals surface area contributed by atoms with Crippen LogP contribution < -0.4 is 10.1 Å². The van der Waals surface area contributed by atoms with Crippen LogP contribution in [-0.4, -0.2) is 41.3 Å². The standard InChI is InChI=1S/C22H19FN2O5S/c1-2-25-15(12-29-22(25)28)9-13-3-6-16(7-4-13)30-17-8-5-14(18(23)11-17)10-19-20(26)24-21(27)31-19/h3-8,10-11,15H,2,9,12H2,1H3,(H,24,26,27). The highest BCUT2D eigenvalue weighted by Crippen LogP contribution is 2.29. The lowest BCUT2D eigenvalue weighted by Gasteiger charge is -2.19. The zero-order valence-corrected chi connectivity index (χ0v) is 17.4. The Kier molecular flexibility index (Phi) is 5.94. The lowest BCUT2D eigenvalue weighted by atomic mass is 10.1. The molecule has 0 aromatic heterocycles. The molecule has 0 aliphatic carbocycles. The second-order valence-electron chi connectivity index (χ2n) is 7.00. The van der Waals surface area contributed by atoms with Crippen molar-refractivity contribution in [2.75, 3.05) is 13.2 Å². The summed E-state index contributed by atoms with van der Waals surface area (Å²) in [6.45, 7) is 2.89. The number of nitrogens with zero attached hydrogens (tertiary/aromatic N) is 1. The van der Waals surface area contributed by atoms with Gasteiger partial charge in [0.15, 0.2) is 0 Å². The molecule has 3 amide bonds. The van der Waals surface area contributed by atoms with Crippen LogP contribution in [0.25, 0.3) is 6.08 Å². The smallest absolute Gasteiger partial charge is 0.410 e. The van der Waals surface area contributed by atoms with E-state index in [2.05, 4.69) is 5.32 Å². The summed E-state index contributed by atoms with van der Waals surface area (Å²) in [5, 5.41) is 1.65. The first-order valence-corrected chi connectivity index (χ1v) is 10.5. The van der Waals surface area contributed by atoms with E-state index in [1.807, 2.05) is 19.1 Å². The summed E-state index contributed by atoms with van der Waals surface area (Å²) in [5.41, 5.74) is 1.22. The second-order valence-corrected chi connectivity index (χ2v) is 8.02. The van der Waals surface area contributed by atoms with Crippen LogP contribution in [0, 0.1) is 5.82 Å². The Balaban J connectivity index is 1.41. The molecule has 0 radical (unpaired) electrons. The maximum Gasteiger partial charge on any atom is 0.410 e. The number of likely N-dealkylation sites (N-methyl/N-ethyl adjacent to an activating group) is 1. The average Bonchev–Trinajstić information content (AvgIpc) is 3.25. The molecule has 1 atom stereocenters. The minimum atomic E-state index is -0.570. The molecule has 4 rings (SSSR count). The van der Waals surface area contributed by atoms with Crippen molar-refractivity contribution in [3.05, 3.63) is 64.3 Å². The molecule has 0 saturated carbocycles. The molecule has 2 aliphatic heterocycles. The van der Waals surface area contributed by atoms with Gasteiger partial charge in [0.2, 0.25) is 0 Å². The van der Waals surface area contributed by atoms with Crippen LogP contribution in [0.15, 0.2) is 47.4 Å². The van der Waals surface area contributed by atoms with Gasteiger partial charge in [-0.25, -0.2) is 9.18 Å². The Morgan fingerprint density at radius 3 is 2.58 bits per heavy atom. The van der Waals surface area contributed by atoms with Crippen molar-refractivity contribution in [3.63, 3.8) is 0 Å². The molecule has 2 heterocycles. The zero-order chi connectivity index (χ0) is 22.0. The van der Waals surface area contributed by atoms with E-state index in [1.165, 1.54) is 18.2 Å². The van der Waals surface area contributed by atoms with Gasteiger partial charge in [0, 0.05) is 18.2 Å². The van der Waals surface area contributed by atoms with Crippen LogP contribution in [0.3, 0.4) is 0 Å². The lowest BCUT2D eigenvalue weighted by molar-refractivity contribution is -0.115. The molecule has 2 aromatic rings. The Hall–Kier alpha value is -3.33. The first-order chi connectivity index (χ1) is 14.9. The topological polar surface area (TPSA) is 84.9 Å². The summed E-state index contributed by atoms with van der Waals surface area (Å²) in [5.74, 6) is -0.263. The van der Waals surface area contributed by atoms with Crippen molar-refractivity contribution in [1.29, 1.82) is 0 Å². The monoisotopic (exact) mass is 442 g/mol. The average molecular weight is 442 g/mol. The minimum absolute atomic E-state index is 0.00966. The predicted molar refractivity (Wildman–Crippen MR) is 113 cm³/mol. The largest absolute Gasteiger partial charge is 0.457 e. The molecule has 7 nitrogen and oxygen atoms in total. The van der Waals surface area contributed by atoms with Crippen molar-refractivity contribution < 1.29 is 28.2 Å². The quantitative estimate of drug-likeness (QED) is 0.671. The summed E-state index contributed by atoms with van der Waals surface area (Å²) in [6.07, 6.45) is 1.72. The van der Waals surface area contributed by atoms with E-state index in [-0.39, 0.29) is 22.6 Å². The van der Waals surface area contributed by atoms with Gasteiger partial charge < -0.3 is 14.4 Å². The Morgan fingerprint density at radius 1 is 1.19 bits per heavy atom. The van der Waals surface area contributed by atoms with Crippen molar-refractivity contribution in [2.24, 2.45) is 0 Å². The molecule has 2 saturated heterocycles. The summed E-state index contributed by atoms with van der Waals surface area (Å²) >= 11 is 0.732. The van der Waals surface area contributed by atoms with E-state index in [4.69, 9.17) is 9.47 Å². The van der Waals surface area contributed by atoms with Crippen LogP contribution in [0.1, 0.15) is 18.1 Å². The Morgan fingerprint density at radius 2 is 1.94 bits per heavy atom. The third-order valence-electron chi connectivity index (χ3n) is 4.95. The van der Waals surface area contributed by atoms with Crippen LogP contribution in [0.2, 0.25) is 0 Å². The van der Waals surface area contributed by atoms with Gasteiger partial charge in [-0.3, -0.25) is 14.9 Å². The van der Waals surface area contributed by atoms with Crippen LogP contribution in [0.5, 0.6) is 11.5 Å². The molecule has 31 heavy (non-hydrogen) atoms. The van der Waals surface area contributed by atoms with E-state index in [1.54, 1.807) is 23.1 Å². The lowest BCUT2D eigenvalue weighted by Crippen LogP contribution is -2.34. The fourth-order valence-electron chi connectivity index (χ4n) is 3.40. The third-order valence-corrected chi connectivity index (χ3v) is 5.76. The number of rotatable bonds is 6. The molecule has 2 fully saturated rings. The molecule has 1 N–H and O–H groups in total. The third kappa shape index (κ3) is 4.72. The van der Waals surface area contributed by atoms with E-state index < -0.39 is 17.0 Å². The van der Waals surface area contributed by atoms with Gasteiger partial charge in [0.25, 0.3) is 11.1 Å². The highest BCUT2D eigenvalue weighted by Gasteiger charge is 2.31. The summed E-state index contributed by atoms with van der Waals surface area (Å²) in [6, 6.07) is 11.7. The van der Waals surface area contributed by atoms with E-state index in [0.717, 1.165) is 17.3 Å². The minimum Gasteiger partial charge on any atom is -0.457 e. The van der Waals surface area contributed by atoms with Gasteiger partial charge in [-0.15, -0.1) is 0 Å². The van der Waals surface area contributed by atoms with Gasteiger partial charge in [-0.2, -0.15) is 0 Å². The molecular formula is C22H19FN2O5S. The molecule has 160 valence electrons.